The molecule has 4 aromatic heterocycles. The summed E-state index contributed by atoms with van der Waals surface area (Å²) >= 11 is 0. The number of fused-ring (bicyclic) bond motifs is 12. The number of aromatic nitrogens is 4. The molecule has 4 aromatic rings. The molecular weight excluding hydrogens is 841 g/mol. The first-order valence-electron chi connectivity index (χ1n) is 24.0. The lowest BCUT2D eigenvalue weighted by Gasteiger charge is -2.27. The Labute approximate surface area is 387 Å². The van der Waals surface area contributed by atoms with E-state index < -0.39 is 23.1 Å². The second-order valence-corrected chi connectivity index (χ2v) is 21.7. The average Bonchev–Trinajstić information content (AvgIpc) is 3.93. The lowest BCUT2D eigenvalue weighted by Crippen LogP contribution is -2.43. The van der Waals surface area contributed by atoms with E-state index in [4.69, 9.17) is 47.9 Å². The number of ether oxygens (including phenoxy) is 8. The molecule has 14 heteroatoms. The lowest BCUT2D eigenvalue weighted by atomic mass is 9.88. The van der Waals surface area contributed by atoms with E-state index in [0.29, 0.717) is 34.2 Å². The third-order valence-electron chi connectivity index (χ3n) is 14.7. The zero-order valence-electron chi connectivity index (χ0n) is 40.5. The molecule has 4 aliphatic carbocycles. The Hall–Kier alpha value is -4.12. The van der Waals surface area contributed by atoms with Gasteiger partial charge in [0.15, 0.2) is 35.4 Å². The summed E-state index contributed by atoms with van der Waals surface area (Å²) in [4.78, 5) is 10.2. The van der Waals surface area contributed by atoms with Crippen LogP contribution in [0.1, 0.15) is 173 Å². The van der Waals surface area contributed by atoms with E-state index in [1.54, 1.807) is 0 Å². The first-order valence-corrected chi connectivity index (χ1v) is 24.0. The van der Waals surface area contributed by atoms with Gasteiger partial charge < -0.3 is 48.3 Å². The fourth-order valence-electron chi connectivity index (χ4n) is 12.2. The molecule has 0 radical (unpaired) electrons. The minimum absolute atomic E-state index is 0.00779. The Morgan fingerprint density at radius 1 is 0.424 bits per heavy atom. The van der Waals surface area contributed by atoms with Crippen molar-refractivity contribution in [1.29, 1.82) is 0 Å². The second kappa shape index (κ2) is 15.2. The highest BCUT2D eigenvalue weighted by atomic mass is 16.8. The molecule has 14 nitrogen and oxygen atoms in total. The zero-order valence-corrected chi connectivity index (χ0v) is 40.5. The first kappa shape index (κ1) is 44.4. The molecule has 0 aromatic carbocycles. The average molecular weight is 905 g/mol. The van der Waals surface area contributed by atoms with Crippen LogP contribution in [-0.4, -0.2) is 57.5 Å². The number of aryl methyl sites for hydroxylation is 8. The van der Waals surface area contributed by atoms with E-state index in [0.717, 1.165) is 106 Å². The minimum atomic E-state index is -0.698. The third kappa shape index (κ3) is 7.37. The predicted octanol–water partition coefficient (Wildman–Crippen LogP) is 8.55. The predicted molar refractivity (Wildman–Crippen MR) is 241 cm³/mol. The fourth-order valence-corrected chi connectivity index (χ4v) is 12.2. The number of hydrogen-bond donors (Lipinski definition) is 0. The van der Waals surface area contributed by atoms with Gasteiger partial charge in [0.25, 0.3) is 0 Å². The van der Waals surface area contributed by atoms with Gasteiger partial charge in [-0.3, -0.25) is 0 Å². The minimum Gasteiger partial charge on any atom is -0.618 e. The van der Waals surface area contributed by atoms with Crippen molar-refractivity contribution in [2.45, 2.75) is 206 Å². The monoisotopic (exact) mass is 904 g/mol. The van der Waals surface area contributed by atoms with E-state index in [1.807, 2.05) is 83.1 Å². The van der Waals surface area contributed by atoms with Crippen molar-refractivity contribution in [3.63, 3.8) is 0 Å². The van der Waals surface area contributed by atoms with Crippen LogP contribution in [0.5, 0.6) is 0 Å². The Balaban J connectivity index is 0.000000146. The fraction of sp³-hybridized carbons (Fsp3) is 0.615. The molecule has 66 heavy (non-hydrogen) atoms. The van der Waals surface area contributed by atoms with Gasteiger partial charge in [-0.2, -0.15) is 9.46 Å². The normalized spacial score (nSPS) is 31.0. The molecule has 4 aliphatic heterocycles. The van der Waals surface area contributed by atoms with Crippen LogP contribution in [0.15, 0.2) is 24.3 Å². The maximum Gasteiger partial charge on any atom is 0.245 e. The zero-order chi connectivity index (χ0) is 46.6. The quantitative estimate of drug-likeness (QED) is 0.140. The SMILES string of the molecule is Cc1cc2c(nc1-c1c(C)cc3c([n+]1[O-])[C@H]1OC(C)(C)O[C@H]1CC3)[C@H]1OC(C)(C)O[C@H]1CC2.Cc1cc2c(nc1-c1c(C)cc3c([n+]1[O-])[C@H]1OC(C)(C)O[C@H]1CC3)[C@H]1OC(C)(C)O[C@H]1CC2. The van der Waals surface area contributed by atoms with Gasteiger partial charge >= 0.3 is 0 Å². The second-order valence-electron chi connectivity index (χ2n) is 21.7. The summed E-state index contributed by atoms with van der Waals surface area (Å²) in [6, 6.07) is 8.60. The van der Waals surface area contributed by atoms with Crippen molar-refractivity contribution < 1.29 is 47.4 Å². The summed E-state index contributed by atoms with van der Waals surface area (Å²) < 4.78 is 51.4. The Bertz CT molecular complexity index is 2500. The molecule has 0 spiro atoms. The van der Waals surface area contributed by atoms with Crippen molar-refractivity contribution in [3.8, 4) is 22.8 Å². The lowest BCUT2D eigenvalue weighted by molar-refractivity contribution is -0.609. The van der Waals surface area contributed by atoms with Crippen LogP contribution in [0.3, 0.4) is 0 Å². The van der Waals surface area contributed by atoms with Crippen molar-refractivity contribution in [2.24, 2.45) is 0 Å². The van der Waals surface area contributed by atoms with E-state index in [-0.39, 0.29) is 48.8 Å². The third-order valence-corrected chi connectivity index (χ3v) is 14.7. The number of rotatable bonds is 2. The highest BCUT2D eigenvalue weighted by molar-refractivity contribution is 5.63. The molecule has 0 unspecified atom stereocenters. The number of nitrogens with zero attached hydrogens (tertiary/aromatic N) is 4. The Morgan fingerprint density at radius 3 is 1.06 bits per heavy atom. The van der Waals surface area contributed by atoms with Gasteiger partial charge in [-0.25, -0.2) is 9.97 Å². The molecule has 8 aliphatic rings. The van der Waals surface area contributed by atoms with Crippen molar-refractivity contribution >= 4 is 0 Å². The molecule has 4 saturated heterocycles. The summed E-state index contributed by atoms with van der Waals surface area (Å²) in [5.74, 6) is -2.66. The van der Waals surface area contributed by atoms with E-state index in [2.05, 4.69) is 24.3 Å². The number of hydrogen-bond acceptors (Lipinski definition) is 12. The van der Waals surface area contributed by atoms with Gasteiger partial charge in [0, 0.05) is 22.3 Å². The maximum absolute atomic E-state index is 13.9. The first-order chi connectivity index (χ1) is 31.1. The smallest absolute Gasteiger partial charge is 0.245 e. The van der Waals surface area contributed by atoms with Gasteiger partial charge in [-0.1, -0.05) is 12.1 Å². The molecule has 4 fully saturated rings. The van der Waals surface area contributed by atoms with Gasteiger partial charge in [0.05, 0.1) is 35.8 Å². The Kier molecular flexibility index (Phi) is 10.2. The van der Waals surface area contributed by atoms with Crippen molar-refractivity contribution in [3.05, 3.63) is 102 Å². The molecule has 0 saturated carbocycles. The van der Waals surface area contributed by atoms with Crippen molar-refractivity contribution in [2.75, 3.05) is 0 Å². The topological polar surface area (TPSA) is 154 Å². The van der Waals surface area contributed by atoms with Crippen LogP contribution in [0.2, 0.25) is 0 Å². The molecule has 0 bridgehead atoms. The summed E-state index contributed by atoms with van der Waals surface area (Å²) in [6.07, 6.45) is 5.57. The van der Waals surface area contributed by atoms with Crippen LogP contribution in [-0.2, 0) is 63.6 Å². The molecule has 12 rings (SSSR count). The number of pyridine rings is 4. The standard InChI is InChI=1S/2C26H32N2O5/c2*1-13-11-15-7-9-17-23(32-25(3,4)30-17)20(15)27-19(13)21-14(2)12-16-8-10-18-24(22(16)28(21)29)33-26(5,6)31-18/h2*11-12,17-18,23-24H,7-10H2,1-6H3/t2*17-,18-,23-,24-/m00/s1. The maximum atomic E-state index is 13.9. The Morgan fingerprint density at radius 2 is 0.712 bits per heavy atom. The summed E-state index contributed by atoms with van der Waals surface area (Å²) in [5, 5.41) is 27.8. The van der Waals surface area contributed by atoms with Crippen LogP contribution in [0.4, 0.5) is 0 Å². The molecule has 8 atom stereocenters. The highest BCUT2D eigenvalue weighted by Gasteiger charge is 2.52. The van der Waals surface area contributed by atoms with E-state index in [9.17, 15) is 10.4 Å². The summed E-state index contributed by atoms with van der Waals surface area (Å²) in [5.41, 5.74) is 14.0. The van der Waals surface area contributed by atoms with E-state index in [1.165, 1.54) is 11.1 Å². The largest absolute Gasteiger partial charge is 0.618 e. The van der Waals surface area contributed by atoms with Crippen LogP contribution in [0, 0.1) is 38.1 Å². The molecular formula is C52H64N4O10. The molecule has 8 heterocycles. The molecule has 0 amide bonds. The highest BCUT2D eigenvalue weighted by Crippen LogP contribution is 2.49. The van der Waals surface area contributed by atoms with Gasteiger partial charge in [0.1, 0.15) is 23.6 Å². The van der Waals surface area contributed by atoms with Gasteiger partial charge in [-0.05, 0) is 169 Å². The summed E-state index contributed by atoms with van der Waals surface area (Å²) in [7, 11) is 0. The van der Waals surface area contributed by atoms with Gasteiger partial charge in [-0.15, -0.1) is 0 Å². The van der Waals surface area contributed by atoms with Crippen molar-refractivity contribution in [1.82, 2.24) is 9.97 Å². The molecule has 0 N–H and O–H groups in total. The molecule has 352 valence electrons. The van der Waals surface area contributed by atoms with E-state index >= 15 is 0 Å². The van der Waals surface area contributed by atoms with Crippen LogP contribution < -0.4 is 9.46 Å². The summed E-state index contributed by atoms with van der Waals surface area (Å²) in [6.45, 7) is 23.5. The van der Waals surface area contributed by atoms with Crippen LogP contribution in [0.25, 0.3) is 22.8 Å². The van der Waals surface area contributed by atoms with Gasteiger partial charge in [0.2, 0.25) is 22.8 Å². The van der Waals surface area contributed by atoms with Crippen LogP contribution >= 0.6 is 0 Å².